The maximum atomic E-state index is 5.72. The van der Waals surface area contributed by atoms with Crippen LogP contribution in [0.25, 0.3) is 0 Å². The summed E-state index contributed by atoms with van der Waals surface area (Å²) in [5.41, 5.74) is 8.31. The van der Waals surface area contributed by atoms with Gasteiger partial charge in [0.15, 0.2) is 0 Å². The lowest BCUT2D eigenvalue weighted by Gasteiger charge is -2.13. The average molecular weight is 282 g/mol. The van der Waals surface area contributed by atoms with Crippen LogP contribution in [0.1, 0.15) is 36.6 Å². The van der Waals surface area contributed by atoms with E-state index in [1.54, 1.807) is 0 Å². The molecular formula is C14H22N2O2S. The highest BCUT2D eigenvalue weighted by atomic mass is 32.1. The number of rotatable bonds is 8. The molecule has 5 heteroatoms. The highest BCUT2D eigenvalue weighted by Crippen LogP contribution is 2.20. The van der Waals surface area contributed by atoms with Crippen LogP contribution >= 0.6 is 12.2 Å². The Morgan fingerprint density at radius 1 is 1.32 bits per heavy atom. The molecule has 0 saturated carbocycles. The number of unbranched alkanes of at least 4 members (excludes halogenated alkanes) is 1. The molecule has 0 atom stereocenters. The molecule has 0 fully saturated rings. The van der Waals surface area contributed by atoms with Gasteiger partial charge < -0.3 is 15.2 Å². The zero-order chi connectivity index (χ0) is 14.3. The van der Waals surface area contributed by atoms with Gasteiger partial charge in [0.25, 0.3) is 0 Å². The lowest BCUT2D eigenvalue weighted by Crippen LogP contribution is -2.17. The molecule has 0 bridgehead atoms. The van der Waals surface area contributed by atoms with Gasteiger partial charge in [0.05, 0.1) is 12.2 Å². The molecule has 0 aliphatic carbocycles. The second-order valence-corrected chi connectivity index (χ2v) is 4.88. The summed E-state index contributed by atoms with van der Waals surface area (Å²) >= 11 is 5.04. The van der Waals surface area contributed by atoms with Crippen LogP contribution in [-0.4, -0.2) is 29.8 Å². The Balaban J connectivity index is 2.59. The third kappa shape index (κ3) is 5.12. The number of ether oxygens (including phenoxy) is 2. The van der Waals surface area contributed by atoms with Crippen LogP contribution in [0.4, 0.5) is 0 Å². The summed E-state index contributed by atoms with van der Waals surface area (Å²) in [5.74, 6) is 0.504. The van der Waals surface area contributed by atoms with Gasteiger partial charge >= 0.3 is 0 Å². The minimum absolute atomic E-state index is 0.312. The van der Waals surface area contributed by atoms with Crippen molar-refractivity contribution in [2.75, 3.05) is 19.8 Å². The fourth-order valence-corrected chi connectivity index (χ4v) is 2.00. The second kappa shape index (κ2) is 8.07. The first-order valence-electron chi connectivity index (χ1n) is 6.54. The number of nitrogens with two attached hydrogens (primary N) is 1. The van der Waals surface area contributed by atoms with Crippen LogP contribution in [0.3, 0.4) is 0 Å². The fourth-order valence-electron chi connectivity index (χ4n) is 1.75. The zero-order valence-corrected chi connectivity index (χ0v) is 12.7. The predicted octanol–water partition coefficient (Wildman–Crippen LogP) is 2.53. The van der Waals surface area contributed by atoms with E-state index >= 15 is 0 Å². The largest absolute Gasteiger partial charge is 0.475 e. The summed E-state index contributed by atoms with van der Waals surface area (Å²) in [6.45, 7) is 7.77. The molecule has 0 aliphatic rings. The van der Waals surface area contributed by atoms with Crippen LogP contribution in [0, 0.1) is 13.8 Å². The van der Waals surface area contributed by atoms with Crippen molar-refractivity contribution in [1.82, 2.24) is 4.98 Å². The highest BCUT2D eigenvalue weighted by Gasteiger charge is 2.12. The van der Waals surface area contributed by atoms with Gasteiger partial charge in [-0.15, -0.1) is 0 Å². The zero-order valence-electron chi connectivity index (χ0n) is 11.9. The standard InChI is InChI=1S/C14H22N2O2S/c1-4-5-6-17-7-8-18-14-12(13(15)19)10(2)9-11(3)16-14/h9H,4-8H2,1-3H3,(H2,15,19). The van der Waals surface area contributed by atoms with E-state index in [2.05, 4.69) is 11.9 Å². The van der Waals surface area contributed by atoms with Gasteiger partial charge in [0, 0.05) is 12.3 Å². The average Bonchev–Trinajstić information content (AvgIpc) is 2.32. The summed E-state index contributed by atoms with van der Waals surface area (Å²) in [6.07, 6.45) is 2.20. The Hall–Kier alpha value is -1.20. The maximum absolute atomic E-state index is 5.72. The van der Waals surface area contributed by atoms with Crippen LogP contribution in [0.2, 0.25) is 0 Å². The van der Waals surface area contributed by atoms with Gasteiger partial charge in [-0.05, 0) is 31.9 Å². The predicted molar refractivity (Wildman–Crippen MR) is 80.8 cm³/mol. The van der Waals surface area contributed by atoms with E-state index < -0.39 is 0 Å². The van der Waals surface area contributed by atoms with E-state index in [-0.39, 0.29) is 0 Å². The molecule has 4 nitrogen and oxygen atoms in total. The van der Waals surface area contributed by atoms with E-state index in [1.165, 1.54) is 0 Å². The molecule has 2 N–H and O–H groups in total. The molecule has 0 radical (unpaired) electrons. The first kappa shape index (κ1) is 15.9. The number of hydrogen-bond donors (Lipinski definition) is 1. The minimum Gasteiger partial charge on any atom is -0.475 e. The first-order valence-corrected chi connectivity index (χ1v) is 6.95. The summed E-state index contributed by atoms with van der Waals surface area (Å²) in [4.78, 5) is 4.66. The lowest BCUT2D eigenvalue weighted by atomic mass is 10.1. The molecule has 0 spiro atoms. The third-order valence-electron chi connectivity index (χ3n) is 2.67. The van der Waals surface area contributed by atoms with E-state index in [0.717, 1.165) is 30.7 Å². The molecule has 1 heterocycles. The maximum Gasteiger partial charge on any atom is 0.224 e. The SMILES string of the molecule is CCCCOCCOc1nc(C)cc(C)c1C(N)=S. The van der Waals surface area contributed by atoms with Gasteiger partial charge in [-0.2, -0.15) is 0 Å². The molecular weight excluding hydrogens is 260 g/mol. The summed E-state index contributed by atoms with van der Waals surface area (Å²) in [6, 6.07) is 1.94. The normalized spacial score (nSPS) is 10.5. The fraction of sp³-hybridized carbons (Fsp3) is 0.571. The molecule has 19 heavy (non-hydrogen) atoms. The first-order chi connectivity index (χ1) is 9.06. The van der Waals surface area contributed by atoms with Crippen molar-refractivity contribution in [2.45, 2.75) is 33.6 Å². The Morgan fingerprint density at radius 3 is 2.68 bits per heavy atom. The highest BCUT2D eigenvalue weighted by molar-refractivity contribution is 7.80. The van der Waals surface area contributed by atoms with Crippen LogP contribution in [0.5, 0.6) is 5.88 Å². The van der Waals surface area contributed by atoms with Crippen LogP contribution < -0.4 is 10.5 Å². The number of hydrogen-bond acceptors (Lipinski definition) is 4. The van der Waals surface area contributed by atoms with Crippen molar-refractivity contribution in [2.24, 2.45) is 5.73 Å². The van der Waals surface area contributed by atoms with Crippen molar-refractivity contribution in [3.8, 4) is 5.88 Å². The minimum atomic E-state index is 0.312. The quantitative estimate of drug-likeness (QED) is 0.586. The third-order valence-corrected chi connectivity index (χ3v) is 2.87. The molecule has 0 amide bonds. The Labute approximate surface area is 120 Å². The number of aromatic nitrogens is 1. The van der Waals surface area contributed by atoms with Gasteiger partial charge in [0.2, 0.25) is 5.88 Å². The molecule has 0 aromatic carbocycles. The van der Waals surface area contributed by atoms with Gasteiger partial charge in [0.1, 0.15) is 11.6 Å². The van der Waals surface area contributed by atoms with Gasteiger partial charge in [-0.25, -0.2) is 4.98 Å². The molecule has 0 aliphatic heterocycles. The monoisotopic (exact) mass is 282 g/mol. The molecule has 0 unspecified atom stereocenters. The van der Waals surface area contributed by atoms with E-state index in [0.29, 0.717) is 29.6 Å². The Bertz CT molecular complexity index is 436. The summed E-state index contributed by atoms with van der Waals surface area (Å²) < 4.78 is 11.1. The molecule has 1 aromatic heterocycles. The number of pyridine rings is 1. The lowest BCUT2D eigenvalue weighted by molar-refractivity contribution is 0.0964. The van der Waals surface area contributed by atoms with Gasteiger partial charge in [-0.1, -0.05) is 25.6 Å². The smallest absolute Gasteiger partial charge is 0.224 e. The van der Waals surface area contributed by atoms with Crippen molar-refractivity contribution in [1.29, 1.82) is 0 Å². The molecule has 1 aromatic rings. The van der Waals surface area contributed by atoms with E-state index in [4.69, 9.17) is 27.4 Å². The van der Waals surface area contributed by atoms with Crippen LogP contribution in [-0.2, 0) is 4.74 Å². The summed E-state index contributed by atoms with van der Waals surface area (Å²) in [5, 5.41) is 0. The molecule has 1 rings (SSSR count). The van der Waals surface area contributed by atoms with Crippen molar-refractivity contribution < 1.29 is 9.47 Å². The second-order valence-electron chi connectivity index (χ2n) is 4.44. The van der Waals surface area contributed by atoms with Crippen LogP contribution in [0.15, 0.2) is 6.07 Å². The number of aryl methyl sites for hydroxylation is 2. The number of thiocarbonyl (C=S) groups is 1. The van der Waals surface area contributed by atoms with Crippen molar-refractivity contribution in [3.05, 3.63) is 22.9 Å². The molecule has 106 valence electrons. The van der Waals surface area contributed by atoms with Gasteiger partial charge in [-0.3, -0.25) is 0 Å². The van der Waals surface area contributed by atoms with E-state index in [9.17, 15) is 0 Å². The number of nitrogens with zero attached hydrogens (tertiary/aromatic N) is 1. The van der Waals surface area contributed by atoms with Crippen molar-refractivity contribution >= 4 is 17.2 Å². The Kier molecular flexibility index (Phi) is 6.73. The van der Waals surface area contributed by atoms with Crippen molar-refractivity contribution in [3.63, 3.8) is 0 Å². The molecule has 0 saturated heterocycles. The Morgan fingerprint density at radius 2 is 2.05 bits per heavy atom. The topological polar surface area (TPSA) is 57.4 Å². The van der Waals surface area contributed by atoms with E-state index in [1.807, 2.05) is 19.9 Å². The summed E-state index contributed by atoms with van der Waals surface area (Å²) in [7, 11) is 0.